The topological polar surface area (TPSA) is 54.4 Å². The van der Waals surface area contributed by atoms with Crippen molar-refractivity contribution in [1.82, 2.24) is 20.0 Å². The summed E-state index contributed by atoms with van der Waals surface area (Å²) in [5, 5.41) is 3.45. The van der Waals surface area contributed by atoms with Crippen molar-refractivity contribution in [1.29, 1.82) is 0 Å². The summed E-state index contributed by atoms with van der Waals surface area (Å²) in [5.74, 6) is 1.26. The zero-order valence-electron chi connectivity index (χ0n) is 19.6. The minimum absolute atomic E-state index is 0. The van der Waals surface area contributed by atoms with Crippen molar-refractivity contribution < 1.29 is 4.79 Å². The van der Waals surface area contributed by atoms with Gasteiger partial charge in [0.05, 0.1) is 13.1 Å². The molecule has 8 heteroatoms. The van der Waals surface area contributed by atoms with Gasteiger partial charge in [-0.15, -0.1) is 24.0 Å². The number of piperazine rings is 1. The van der Waals surface area contributed by atoms with Crippen LogP contribution in [0, 0.1) is 6.92 Å². The molecule has 1 N–H and O–H groups in total. The minimum Gasteiger partial charge on any atom is -0.378 e. The fourth-order valence-electron chi connectivity index (χ4n) is 4.10. The molecule has 1 amide bonds. The van der Waals surface area contributed by atoms with Gasteiger partial charge in [0.1, 0.15) is 0 Å². The Bertz CT molecular complexity index is 740. The highest BCUT2D eigenvalue weighted by atomic mass is 127. The largest absolute Gasteiger partial charge is 0.378 e. The lowest BCUT2D eigenvalue weighted by Crippen LogP contribution is -2.54. The summed E-state index contributed by atoms with van der Waals surface area (Å²) >= 11 is 0. The molecule has 2 aliphatic heterocycles. The number of carbonyl (C=O) groups is 1. The molecule has 2 fully saturated rings. The summed E-state index contributed by atoms with van der Waals surface area (Å²) in [6, 6.07) is 6.55. The van der Waals surface area contributed by atoms with E-state index in [1.807, 2.05) is 4.90 Å². The first-order valence-corrected chi connectivity index (χ1v) is 11.3. The van der Waals surface area contributed by atoms with Gasteiger partial charge in [-0.05, 0) is 49.9 Å². The zero-order valence-corrected chi connectivity index (χ0v) is 21.9. The Morgan fingerprint density at radius 1 is 1.06 bits per heavy atom. The number of carbonyl (C=O) groups excluding carboxylic acids is 1. The number of likely N-dealkylation sites (tertiary alicyclic amines) is 1. The molecule has 31 heavy (non-hydrogen) atoms. The number of aryl methyl sites for hydroxylation is 1. The summed E-state index contributed by atoms with van der Waals surface area (Å²) in [4.78, 5) is 26.1. The number of anilines is 1. The Morgan fingerprint density at radius 3 is 2.32 bits per heavy atom. The van der Waals surface area contributed by atoms with E-state index in [1.165, 1.54) is 16.8 Å². The van der Waals surface area contributed by atoms with Crippen molar-refractivity contribution in [3.05, 3.63) is 29.3 Å². The fourth-order valence-corrected chi connectivity index (χ4v) is 4.10. The third-order valence-corrected chi connectivity index (χ3v) is 6.07. The van der Waals surface area contributed by atoms with Gasteiger partial charge in [-0.3, -0.25) is 9.69 Å². The molecule has 2 saturated heterocycles. The summed E-state index contributed by atoms with van der Waals surface area (Å²) in [5.41, 5.74) is 3.74. The number of benzene rings is 1. The van der Waals surface area contributed by atoms with Crippen LogP contribution in [0.2, 0.25) is 0 Å². The van der Waals surface area contributed by atoms with E-state index in [0.717, 1.165) is 64.6 Å². The van der Waals surface area contributed by atoms with Crippen LogP contribution in [0.4, 0.5) is 5.69 Å². The lowest BCUT2D eigenvalue weighted by Gasteiger charge is -2.36. The SMILES string of the molecule is CCNC(=NCc1ccc(N(C)C)cc1C)N1CCN(CC(=O)N2CCCC2)CC1.I. The van der Waals surface area contributed by atoms with E-state index in [2.05, 4.69) is 66.2 Å². The summed E-state index contributed by atoms with van der Waals surface area (Å²) in [7, 11) is 4.13. The van der Waals surface area contributed by atoms with Crippen molar-refractivity contribution in [2.24, 2.45) is 4.99 Å². The molecule has 0 aliphatic carbocycles. The Morgan fingerprint density at radius 2 is 1.74 bits per heavy atom. The number of nitrogens with zero attached hydrogens (tertiary/aromatic N) is 5. The number of amides is 1. The van der Waals surface area contributed by atoms with E-state index in [4.69, 9.17) is 4.99 Å². The molecule has 0 unspecified atom stereocenters. The van der Waals surface area contributed by atoms with Gasteiger partial charge in [-0.1, -0.05) is 6.07 Å². The predicted octanol–water partition coefficient (Wildman–Crippen LogP) is 2.38. The lowest BCUT2D eigenvalue weighted by molar-refractivity contribution is -0.131. The van der Waals surface area contributed by atoms with Crippen LogP contribution in [-0.4, -0.2) is 93.0 Å². The van der Waals surface area contributed by atoms with Crippen LogP contribution in [0.25, 0.3) is 0 Å². The number of rotatable bonds is 6. The average Bonchev–Trinajstić information content (AvgIpc) is 3.27. The molecule has 0 bridgehead atoms. The number of hydrogen-bond acceptors (Lipinski definition) is 4. The standard InChI is InChI=1S/C23H38N6O.HI/c1-5-24-23(25-17-20-8-9-21(26(3)4)16-19(20)2)29-14-12-27(13-15-29)18-22(30)28-10-6-7-11-28;/h8-9,16H,5-7,10-15,17-18H2,1-4H3,(H,24,25);1H. The molecule has 2 heterocycles. The second kappa shape index (κ2) is 12.5. The highest BCUT2D eigenvalue weighted by Crippen LogP contribution is 2.18. The minimum atomic E-state index is 0. The van der Waals surface area contributed by atoms with E-state index >= 15 is 0 Å². The van der Waals surface area contributed by atoms with E-state index in [0.29, 0.717) is 13.1 Å². The smallest absolute Gasteiger partial charge is 0.236 e. The van der Waals surface area contributed by atoms with Crippen LogP contribution < -0.4 is 10.2 Å². The Hall–Kier alpha value is -1.55. The van der Waals surface area contributed by atoms with E-state index in [1.54, 1.807) is 0 Å². The molecule has 0 radical (unpaired) electrons. The lowest BCUT2D eigenvalue weighted by atomic mass is 10.1. The van der Waals surface area contributed by atoms with Gasteiger partial charge in [-0.25, -0.2) is 4.99 Å². The highest BCUT2D eigenvalue weighted by Gasteiger charge is 2.24. The maximum Gasteiger partial charge on any atom is 0.236 e. The predicted molar refractivity (Wildman–Crippen MR) is 140 cm³/mol. The maximum absolute atomic E-state index is 12.4. The van der Waals surface area contributed by atoms with Gasteiger partial charge in [0.25, 0.3) is 0 Å². The van der Waals surface area contributed by atoms with Crippen molar-refractivity contribution in [3.8, 4) is 0 Å². The maximum atomic E-state index is 12.4. The molecule has 0 atom stereocenters. The fraction of sp³-hybridized carbons (Fsp3) is 0.652. The second-order valence-corrected chi connectivity index (χ2v) is 8.53. The van der Waals surface area contributed by atoms with Crippen LogP contribution in [0.15, 0.2) is 23.2 Å². The molecule has 3 rings (SSSR count). The van der Waals surface area contributed by atoms with Gasteiger partial charge in [0.15, 0.2) is 5.96 Å². The monoisotopic (exact) mass is 542 g/mol. The van der Waals surface area contributed by atoms with Gasteiger partial charge in [0, 0.05) is 65.6 Å². The van der Waals surface area contributed by atoms with Gasteiger partial charge in [0.2, 0.25) is 5.91 Å². The Labute approximate surface area is 204 Å². The van der Waals surface area contributed by atoms with Crippen molar-refractivity contribution >= 4 is 41.5 Å². The van der Waals surface area contributed by atoms with Crippen LogP contribution in [0.1, 0.15) is 30.9 Å². The average molecular weight is 543 g/mol. The Kier molecular flexibility index (Phi) is 10.3. The van der Waals surface area contributed by atoms with E-state index in [9.17, 15) is 4.79 Å². The molecule has 7 nitrogen and oxygen atoms in total. The summed E-state index contributed by atoms with van der Waals surface area (Å²) in [6.45, 7) is 11.8. The molecular weight excluding hydrogens is 503 g/mol. The van der Waals surface area contributed by atoms with E-state index in [-0.39, 0.29) is 29.9 Å². The number of hydrogen-bond donors (Lipinski definition) is 1. The molecule has 2 aliphatic rings. The third-order valence-electron chi connectivity index (χ3n) is 6.07. The first kappa shape index (κ1) is 25.7. The van der Waals surface area contributed by atoms with Crippen LogP contribution >= 0.6 is 24.0 Å². The molecule has 174 valence electrons. The Balaban J connectivity index is 0.00000341. The quantitative estimate of drug-likeness (QED) is 0.340. The van der Waals surface area contributed by atoms with Crippen molar-refractivity contribution in [2.45, 2.75) is 33.2 Å². The molecule has 1 aromatic carbocycles. The normalized spacial score (nSPS) is 17.5. The number of halogens is 1. The second-order valence-electron chi connectivity index (χ2n) is 8.53. The van der Waals surface area contributed by atoms with Gasteiger partial charge >= 0.3 is 0 Å². The van der Waals surface area contributed by atoms with E-state index < -0.39 is 0 Å². The first-order valence-electron chi connectivity index (χ1n) is 11.3. The number of aliphatic imine (C=N–C) groups is 1. The molecule has 0 aromatic heterocycles. The van der Waals surface area contributed by atoms with Crippen LogP contribution in [0.5, 0.6) is 0 Å². The number of nitrogens with one attached hydrogen (secondary N) is 1. The summed E-state index contributed by atoms with van der Waals surface area (Å²) in [6.07, 6.45) is 2.30. The van der Waals surface area contributed by atoms with Crippen molar-refractivity contribution in [3.63, 3.8) is 0 Å². The van der Waals surface area contributed by atoms with Crippen molar-refractivity contribution in [2.75, 3.05) is 71.4 Å². The highest BCUT2D eigenvalue weighted by molar-refractivity contribution is 14.0. The van der Waals surface area contributed by atoms with Gasteiger partial charge < -0.3 is 20.0 Å². The van der Waals surface area contributed by atoms with Crippen LogP contribution in [-0.2, 0) is 11.3 Å². The molecule has 1 aromatic rings. The summed E-state index contributed by atoms with van der Waals surface area (Å²) < 4.78 is 0. The third kappa shape index (κ3) is 7.24. The number of guanidine groups is 1. The van der Waals surface area contributed by atoms with Gasteiger partial charge in [-0.2, -0.15) is 0 Å². The van der Waals surface area contributed by atoms with Crippen LogP contribution in [0.3, 0.4) is 0 Å². The molecule has 0 saturated carbocycles. The molecule has 0 spiro atoms. The molecular formula is C23H39IN6O. The first-order chi connectivity index (χ1) is 14.5. The zero-order chi connectivity index (χ0) is 21.5.